The number of halogens is 1. The summed E-state index contributed by atoms with van der Waals surface area (Å²) >= 11 is 3.84. The average molecular weight is 710 g/mol. The molecule has 10 heteroatoms. The van der Waals surface area contributed by atoms with Crippen molar-refractivity contribution in [3.05, 3.63) is 100 Å². The Morgan fingerprint density at radius 1 is 0.956 bits per heavy atom. The van der Waals surface area contributed by atoms with E-state index in [0.717, 1.165) is 63.9 Å². The molecule has 0 bridgehead atoms. The van der Waals surface area contributed by atoms with Crippen LogP contribution in [0.3, 0.4) is 0 Å². The van der Waals surface area contributed by atoms with Gasteiger partial charge >= 0.3 is 217 Å². The molecule has 2 heterocycles. The summed E-state index contributed by atoms with van der Waals surface area (Å²) in [5, 5.41) is 7.90. The second kappa shape index (κ2) is 14.0. The number of nitrogens with zero attached hydrogens (tertiary/aromatic N) is 1. The van der Waals surface area contributed by atoms with Crippen LogP contribution in [0.5, 0.6) is 0 Å². The van der Waals surface area contributed by atoms with E-state index in [1.165, 1.54) is 6.26 Å². The van der Waals surface area contributed by atoms with Crippen molar-refractivity contribution in [2.75, 3.05) is 25.9 Å². The molecule has 3 aliphatic rings. The summed E-state index contributed by atoms with van der Waals surface area (Å²) in [6.45, 7) is 1.82. The summed E-state index contributed by atoms with van der Waals surface area (Å²) in [4.78, 5) is 29.7. The summed E-state index contributed by atoms with van der Waals surface area (Å²) in [6.07, 6.45) is 6.45. The van der Waals surface area contributed by atoms with Crippen molar-refractivity contribution in [1.29, 1.82) is 0 Å². The molecule has 1 aliphatic carbocycles. The van der Waals surface area contributed by atoms with E-state index in [-0.39, 0.29) is 17.7 Å². The summed E-state index contributed by atoms with van der Waals surface area (Å²) in [5.74, 6) is 0.463. The van der Waals surface area contributed by atoms with Crippen molar-refractivity contribution in [2.45, 2.75) is 61.7 Å². The summed E-state index contributed by atoms with van der Waals surface area (Å²) in [6, 6.07) is 22.3. The number of likely N-dealkylation sites (tertiary alicyclic amines) is 1. The second-order valence-corrected chi connectivity index (χ2v) is 24.4. The molecule has 0 spiro atoms. The monoisotopic (exact) mass is 709 g/mol. The maximum atomic E-state index is 14.1. The molecule has 238 valence electrons. The molecule has 3 aromatic carbocycles. The number of carbonyl (C=O) groups is 2. The number of hydrogen-bond donors (Lipinski definition) is 2. The van der Waals surface area contributed by atoms with E-state index in [9.17, 15) is 18.0 Å². The van der Waals surface area contributed by atoms with Crippen LogP contribution in [-0.4, -0.2) is 70.6 Å². The van der Waals surface area contributed by atoms with Gasteiger partial charge in [0, 0.05) is 11.6 Å². The first-order chi connectivity index (χ1) is 21.7. The van der Waals surface area contributed by atoms with Crippen molar-refractivity contribution >= 4 is 49.4 Å². The fraction of sp³-hybridized carbons (Fsp3) is 0.429. The quantitative estimate of drug-likeness (QED) is 0.306. The molecule has 0 radical (unpaired) electrons. The Morgan fingerprint density at radius 3 is 2.31 bits per heavy atom. The number of rotatable bonds is 10. The van der Waals surface area contributed by atoms with Crippen LogP contribution in [0.15, 0.2) is 72.8 Å². The molecule has 1 saturated heterocycles. The molecule has 3 atom stereocenters. The first-order valence-electron chi connectivity index (χ1n) is 15.9. The number of amides is 2. The molecule has 1 saturated carbocycles. The number of nitrogens with one attached hydrogen (secondary N) is 2. The van der Waals surface area contributed by atoms with Gasteiger partial charge < -0.3 is 0 Å². The summed E-state index contributed by atoms with van der Waals surface area (Å²) in [5.41, 5.74) is 4.18. The van der Waals surface area contributed by atoms with Gasteiger partial charge in [0.2, 0.25) is 0 Å². The minimum absolute atomic E-state index is 0.0910. The van der Waals surface area contributed by atoms with Crippen LogP contribution in [0.25, 0.3) is 0 Å². The van der Waals surface area contributed by atoms with Crippen LogP contribution in [0.2, 0.25) is 10.2 Å². The van der Waals surface area contributed by atoms with Gasteiger partial charge in [-0.1, -0.05) is 35.9 Å². The molecule has 2 N–H and O–H groups in total. The molecular formula is C35H41AsClN3O4S. The zero-order chi connectivity index (χ0) is 31.6. The Bertz CT molecular complexity index is 1640. The molecule has 45 heavy (non-hydrogen) atoms. The molecule has 2 aliphatic heterocycles. The van der Waals surface area contributed by atoms with Gasteiger partial charge in [-0.3, -0.25) is 0 Å². The van der Waals surface area contributed by atoms with Crippen LogP contribution in [0.4, 0.5) is 0 Å². The van der Waals surface area contributed by atoms with Crippen molar-refractivity contribution in [3.63, 3.8) is 0 Å². The fourth-order valence-corrected chi connectivity index (χ4v) is 17.2. The van der Waals surface area contributed by atoms with Gasteiger partial charge in [0.25, 0.3) is 0 Å². The Morgan fingerprint density at radius 2 is 1.62 bits per heavy atom. The third-order valence-corrected chi connectivity index (χ3v) is 21.0. The number of benzene rings is 3. The van der Waals surface area contributed by atoms with E-state index in [2.05, 4.69) is 22.8 Å². The SMILES string of the molecule is CS(=O)(=O)[As](CC1CC1)c1ccccc1C1CCN(C(=O)[C@@H](Cc2ccc(Cl)cc2)NC(=O)C2NCCc3ccccc32)CC1. The standard InChI is InChI=1S/C35H41AsClN3O4S/c1-45(43,44)36(23-25-10-11-25)31-9-5-4-7-29(31)27-17-20-40(21-18-27)35(42)32(22-24-12-14-28(37)15-13-24)39-34(41)33-30-8-3-2-6-26(30)16-19-38-33/h2-9,12-15,25,27,32-33,38H,10-11,16-23H2,1H3,(H,39,41)/t32-,33?,36?/m1/s1. The van der Waals surface area contributed by atoms with Crippen LogP contribution in [0.1, 0.15) is 59.9 Å². The minimum atomic E-state index is -3.11. The third kappa shape index (κ3) is 7.85. The van der Waals surface area contributed by atoms with E-state index in [1.54, 1.807) is 12.1 Å². The Balaban J connectivity index is 1.18. The molecule has 2 fully saturated rings. The van der Waals surface area contributed by atoms with Crippen molar-refractivity contribution in [2.24, 2.45) is 5.92 Å². The van der Waals surface area contributed by atoms with Gasteiger partial charge in [-0.2, -0.15) is 0 Å². The van der Waals surface area contributed by atoms with Crippen molar-refractivity contribution in [1.82, 2.24) is 15.5 Å². The zero-order valence-electron chi connectivity index (χ0n) is 25.6. The number of fused-ring (bicyclic) bond motifs is 1. The average Bonchev–Trinajstić information content (AvgIpc) is 3.88. The van der Waals surface area contributed by atoms with Crippen molar-refractivity contribution in [3.8, 4) is 0 Å². The molecule has 7 nitrogen and oxygen atoms in total. The summed E-state index contributed by atoms with van der Waals surface area (Å²) < 4.78 is 27.0. The van der Waals surface area contributed by atoms with E-state index in [1.807, 2.05) is 53.4 Å². The normalized spacial score (nSPS) is 20.2. The Hall–Kier alpha value is -2.64. The van der Waals surface area contributed by atoms with E-state index >= 15 is 0 Å². The van der Waals surface area contributed by atoms with Gasteiger partial charge in [0.05, 0.1) is 0 Å². The molecular weight excluding hydrogens is 669 g/mol. The number of piperidine rings is 1. The maximum absolute atomic E-state index is 14.1. The van der Waals surface area contributed by atoms with Crippen LogP contribution < -0.4 is 15.0 Å². The third-order valence-electron chi connectivity index (χ3n) is 9.31. The fourth-order valence-electron chi connectivity index (χ4n) is 6.69. The topological polar surface area (TPSA) is 95.6 Å². The number of carbonyl (C=O) groups excluding carboxylic acids is 2. The van der Waals surface area contributed by atoms with Crippen molar-refractivity contribution < 1.29 is 18.0 Å². The zero-order valence-corrected chi connectivity index (χ0v) is 29.1. The molecule has 3 aromatic rings. The van der Waals surface area contributed by atoms with E-state index in [0.29, 0.717) is 37.0 Å². The molecule has 2 unspecified atom stereocenters. The number of hydrogen-bond acceptors (Lipinski definition) is 5. The second-order valence-electron chi connectivity index (χ2n) is 12.6. The first kappa shape index (κ1) is 32.3. The van der Waals surface area contributed by atoms with E-state index < -0.39 is 33.7 Å². The van der Waals surface area contributed by atoms with Gasteiger partial charge in [0.15, 0.2) is 0 Å². The Labute approximate surface area is 275 Å². The van der Waals surface area contributed by atoms with Crippen LogP contribution in [-0.2, 0) is 30.5 Å². The van der Waals surface area contributed by atoms with Gasteiger partial charge in [-0.25, -0.2) is 0 Å². The first-order valence-corrected chi connectivity index (χ1v) is 22.7. The van der Waals surface area contributed by atoms with Gasteiger partial charge in [-0.15, -0.1) is 0 Å². The predicted octanol–water partition coefficient (Wildman–Crippen LogP) is 4.31. The molecule has 2 amide bonds. The molecule has 6 rings (SSSR count). The van der Waals surface area contributed by atoms with Gasteiger partial charge in [0.1, 0.15) is 0 Å². The molecule has 0 aromatic heterocycles. The van der Waals surface area contributed by atoms with Gasteiger partial charge in [-0.05, 0) is 12.0 Å². The predicted molar refractivity (Wildman–Crippen MR) is 181 cm³/mol. The van der Waals surface area contributed by atoms with Crippen LogP contribution in [0, 0.1) is 5.92 Å². The van der Waals surface area contributed by atoms with Crippen LogP contribution >= 0.6 is 11.6 Å². The Kier molecular flexibility index (Phi) is 10.1. The van der Waals surface area contributed by atoms with E-state index in [4.69, 9.17) is 11.6 Å². The summed E-state index contributed by atoms with van der Waals surface area (Å²) in [7, 11) is -3.11.